The summed E-state index contributed by atoms with van der Waals surface area (Å²) in [6, 6.07) is 25.0. The summed E-state index contributed by atoms with van der Waals surface area (Å²) in [5.74, 6) is -0.615. The number of benzene rings is 3. The zero-order chi connectivity index (χ0) is 25.8. The van der Waals surface area contributed by atoms with Gasteiger partial charge in [-0.05, 0) is 45.0 Å². The Morgan fingerprint density at radius 3 is 1.46 bits per heavy atom. The molecule has 0 saturated heterocycles. The summed E-state index contributed by atoms with van der Waals surface area (Å²) in [6.07, 6.45) is -5.19. The number of carbonyl (C=O) groups is 1. The lowest BCUT2D eigenvalue weighted by Gasteiger charge is -2.17. The lowest BCUT2D eigenvalue weighted by atomic mass is 10.3. The molecule has 0 amide bonds. The molecule has 188 valence electrons. The molecule has 0 aliphatic rings. The largest absolute Gasteiger partial charge is 0.542 e. The number of hydrogen-bond donors (Lipinski definition) is 0. The highest BCUT2D eigenvalue weighted by Gasteiger charge is 2.36. The van der Waals surface area contributed by atoms with E-state index in [9.17, 15) is 13.2 Å². The fourth-order valence-corrected chi connectivity index (χ4v) is 5.25. The van der Waals surface area contributed by atoms with Crippen LogP contribution in [0.4, 0.5) is 13.2 Å². The van der Waals surface area contributed by atoms with Crippen molar-refractivity contribution in [2.75, 3.05) is 19.8 Å². The van der Waals surface area contributed by atoms with E-state index in [1.165, 1.54) is 9.79 Å². The second kappa shape index (κ2) is 13.5. The van der Waals surface area contributed by atoms with Crippen LogP contribution < -0.4 is 19.3 Å². The number of hydrogen-bond acceptors (Lipinski definition) is 5. The van der Waals surface area contributed by atoms with Gasteiger partial charge in [0.1, 0.15) is 22.6 Å². The molecule has 0 aliphatic heterocycles. The molecule has 9 heteroatoms. The van der Waals surface area contributed by atoms with E-state index in [-0.39, 0.29) is 10.9 Å². The number of alkyl halides is 3. The highest BCUT2D eigenvalue weighted by Crippen LogP contribution is 2.45. The maximum absolute atomic E-state index is 10.5. The van der Waals surface area contributed by atoms with Crippen LogP contribution in [0.15, 0.2) is 87.5 Å². The Kier molecular flexibility index (Phi) is 10.8. The van der Waals surface area contributed by atoms with E-state index in [4.69, 9.17) is 24.1 Å². The summed E-state index contributed by atoms with van der Waals surface area (Å²) in [6.45, 7) is 7.73. The van der Waals surface area contributed by atoms with Crippen molar-refractivity contribution < 1.29 is 37.3 Å². The molecule has 0 atom stereocenters. The second-order valence-electron chi connectivity index (χ2n) is 6.77. The zero-order valence-electron chi connectivity index (χ0n) is 19.6. The van der Waals surface area contributed by atoms with E-state index in [1.807, 2.05) is 45.0 Å². The van der Waals surface area contributed by atoms with Crippen molar-refractivity contribution in [3.63, 3.8) is 0 Å². The molecule has 3 rings (SSSR count). The minimum atomic E-state index is -5.19. The summed E-state index contributed by atoms with van der Waals surface area (Å²) in [7, 11) is -0.358. The highest BCUT2D eigenvalue weighted by atomic mass is 32.2. The Balaban J connectivity index is 0.000000540. The van der Waals surface area contributed by atoms with Gasteiger partial charge < -0.3 is 24.1 Å². The van der Waals surface area contributed by atoms with E-state index in [2.05, 4.69) is 48.5 Å². The van der Waals surface area contributed by atoms with Crippen molar-refractivity contribution in [2.45, 2.75) is 41.6 Å². The van der Waals surface area contributed by atoms with Crippen LogP contribution in [0.5, 0.6) is 17.2 Å². The summed E-state index contributed by atoms with van der Waals surface area (Å²) in [5, 5.41) is 8.78. The predicted molar refractivity (Wildman–Crippen MR) is 126 cm³/mol. The second-order valence-corrected chi connectivity index (χ2v) is 8.73. The van der Waals surface area contributed by atoms with Crippen LogP contribution in [0.3, 0.4) is 0 Å². The molecular weight excluding hydrogens is 481 g/mol. The van der Waals surface area contributed by atoms with Gasteiger partial charge in [0, 0.05) is 12.1 Å². The number of carboxylic acids is 1. The van der Waals surface area contributed by atoms with Crippen LogP contribution >= 0.6 is 0 Å². The van der Waals surface area contributed by atoms with Gasteiger partial charge in [0.2, 0.25) is 4.90 Å². The van der Waals surface area contributed by atoms with E-state index in [0.717, 1.165) is 22.1 Å². The molecule has 0 spiro atoms. The number of carbonyl (C=O) groups excluding carboxylic acids is 1. The maximum atomic E-state index is 10.5. The summed E-state index contributed by atoms with van der Waals surface area (Å²) < 4.78 is 49.5. The van der Waals surface area contributed by atoms with E-state index in [1.54, 1.807) is 0 Å². The fourth-order valence-electron chi connectivity index (χ4n) is 3.01. The molecule has 35 heavy (non-hydrogen) atoms. The van der Waals surface area contributed by atoms with Crippen LogP contribution in [0.2, 0.25) is 0 Å². The molecule has 0 fully saturated rings. The van der Waals surface area contributed by atoms with Gasteiger partial charge in [-0.3, -0.25) is 0 Å². The van der Waals surface area contributed by atoms with E-state index >= 15 is 0 Å². The van der Waals surface area contributed by atoms with Gasteiger partial charge in [0.25, 0.3) is 0 Å². The molecule has 0 aromatic heterocycles. The molecule has 0 aliphatic carbocycles. The number of ether oxygens (including phenoxy) is 3. The van der Waals surface area contributed by atoms with Gasteiger partial charge >= 0.3 is 6.18 Å². The number of aliphatic carboxylic acids is 1. The molecule has 0 radical (unpaired) electrons. The van der Waals surface area contributed by atoms with E-state index < -0.39 is 12.1 Å². The molecular formula is C26H27F3O5S. The maximum Gasteiger partial charge on any atom is 0.430 e. The standard InChI is InChI=1S/C24H27O3S.C2HF3O2/c1-4-25-19-17-22(26-5-2)24(23(18-19)27-6-3)28(20-13-9-7-10-14-20)21-15-11-8-12-16-21;3-2(4,5)1(6)7/h7-18H,4-6H2,1-3H3;(H,6,7)/q+1;/p-1. The topological polar surface area (TPSA) is 67.8 Å². The Labute approximate surface area is 205 Å². The first-order valence-electron chi connectivity index (χ1n) is 10.9. The third-order valence-electron chi connectivity index (χ3n) is 4.30. The molecule has 3 aromatic rings. The minimum absolute atomic E-state index is 0.358. The molecule has 0 unspecified atom stereocenters. The van der Waals surface area contributed by atoms with Crippen LogP contribution in [0.25, 0.3) is 0 Å². The molecule has 3 aromatic carbocycles. The van der Waals surface area contributed by atoms with Crippen LogP contribution in [-0.2, 0) is 15.7 Å². The third-order valence-corrected chi connectivity index (χ3v) is 6.60. The monoisotopic (exact) mass is 508 g/mol. The third kappa shape index (κ3) is 8.13. The molecule has 5 nitrogen and oxygen atoms in total. The number of halogens is 3. The lowest BCUT2D eigenvalue weighted by Crippen LogP contribution is -2.37. The Morgan fingerprint density at radius 1 is 0.771 bits per heavy atom. The molecule has 0 heterocycles. The first kappa shape index (κ1) is 27.9. The van der Waals surface area contributed by atoms with Crippen molar-refractivity contribution in [1.82, 2.24) is 0 Å². The first-order valence-corrected chi connectivity index (χ1v) is 12.1. The van der Waals surface area contributed by atoms with Gasteiger partial charge in [-0.25, -0.2) is 0 Å². The summed E-state index contributed by atoms with van der Waals surface area (Å²) >= 11 is 0. The predicted octanol–water partition coefficient (Wildman–Crippen LogP) is 5.28. The summed E-state index contributed by atoms with van der Waals surface area (Å²) in [5.41, 5.74) is 0. The normalized spacial score (nSPS) is 10.8. The Hall–Kier alpha value is -3.33. The smallest absolute Gasteiger partial charge is 0.430 e. The van der Waals surface area contributed by atoms with Gasteiger partial charge in [-0.2, -0.15) is 13.2 Å². The van der Waals surface area contributed by atoms with Crippen molar-refractivity contribution >= 4 is 16.9 Å². The first-order chi connectivity index (χ1) is 16.7. The highest BCUT2D eigenvalue weighted by molar-refractivity contribution is 7.97. The molecule has 0 saturated carbocycles. The Morgan fingerprint density at radius 2 is 1.14 bits per heavy atom. The molecule has 0 N–H and O–H groups in total. The average molecular weight is 509 g/mol. The average Bonchev–Trinajstić information content (AvgIpc) is 2.83. The van der Waals surface area contributed by atoms with Crippen molar-refractivity contribution in [2.24, 2.45) is 0 Å². The fraction of sp³-hybridized carbons (Fsp3) is 0.269. The molecule has 0 bridgehead atoms. The number of rotatable bonds is 9. The quantitative estimate of drug-likeness (QED) is 0.368. The van der Waals surface area contributed by atoms with Crippen LogP contribution in [-0.4, -0.2) is 32.0 Å². The van der Waals surface area contributed by atoms with Crippen LogP contribution in [0, 0.1) is 0 Å². The van der Waals surface area contributed by atoms with Crippen molar-refractivity contribution in [3.8, 4) is 17.2 Å². The van der Waals surface area contributed by atoms with Gasteiger partial charge in [0.15, 0.2) is 21.3 Å². The van der Waals surface area contributed by atoms with Crippen LogP contribution in [0.1, 0.15) is 20.8 Å². The van der Waals surface area contributed by atoms with Crippen molar-refractivity contribution in [3.05, 3.63) is 72.8 Å². The minimum Gasteiger partial charge on any atom is -0.542 e. The van der Waals surface area contributed by atoms with Crippen molar-refractivity contribution in [1.29, 1.82) is 0 Å². The lowest BCUT2D eigenvalue weighted by molar-refractivity contribution is -0.344. The van der Waals surface area contributed by atoms with Gasteiger partial charge in [-0.1, -0.05) is 36.4 Å². The van der Waals surface area contributed by atoms with E-state index in [0.29, 0.717) is 19.8 Å². The zero-order valence-corrected chi connectivity index (χ0v) is 20.4. The summed E-state index contributed by atoms with van der Waals surface area (Å²) in [4.78, 5) is 12.3. The Bertz CT molecular complexity index is 993. The van der Waals surface area contributed by atoms with Gasteiger partial charge in [0.05, 0.1) is 19.8 Å². The number of carboxylic acid groups (broad SMARTS) is 1. The SMILES string of the molecule is CCOc1cc(OCC)c([S+](c2ccccc2)c2ccccc2)c(OCC)c1.O=C([O-])C(F)(F)F. The van der Waals surface area contributed by atoms with Gasteiger partial charge in [-0.15, -0.1) is 0 Å².